The zero-order valence-corrected chi connectivity index (χ0v) is 32.6. The Hall–Kier alpha value is -7.40. The first-order valence-corrected chi connectivity index (χ1v) is 21.9. The Balaban J connectivity index is 1.12. The van der Waals surface area contributed by atoms with Crippen molar-refractivity contribution < 1.29 is 4.42 Å². The molecule has 3 nitrogen and oxygen atoms in total. The van der Waals surface area contributed by atoms with Gasteiger partial charge in [-0.2, -0.15) is 0 Å². The van der Waals surface area contributed by atoms with Gasteiger partial charge in [0.25, 0.3) is 0 Å². The molecule has 58 heavy (non-hydrogen) atoms. The van der Waals surface area contributed by atoms with Crippen molar-refractivity contribution in [2.45, 2.75) is 0 Å². The number of nitrogens with zero attached hydrogens (tertiary/aromatic N) is 2. The van der Waals surface area contributed by atoms with Gasteiger partial charge in [-0.1, -0.05) is 158 Å². The van der Waals surface area contributed by atoms with Gasteiger partial charge in [0.05, 0.1) is 22.1 Å². The van der Waals surface area contributed by atoms with Crippen LogP contribution in [0.3, 0.4) is 0 Å². The number of benzene rings is 9. The molecule has 3 heterocycles. The summed E-state index contributed by atoms with van der Waals surface area (Å²) in [6.07, 6.45) is 0. The fourth-order valence-corrected chi connectivity index (χ4v) is 14.5. The number of rotatable bonds is 6. The zero-order chi connectivity index (χ0) is 38.2. The first-order chi connectivity index (χ1) is 28.8. The summed E-state index contributed by atoms with van der Waals surface area (Å²) >= 11 is 0. The predicted molar refractivity (Wildman–Crippen MR) is 246 cm³/mol. The number of hydrogen-bond donors (Lipinski definition) is 0. The average Bonchev–Trinajstić information content (AvgIpc) is 3.94. The minimum atomic E-state index is -2.90. The van der Waals surface area contributed by atoms with Crippen molar-refractivity contribution in [3.05, 3.63) is 218 Å². The maximum Gasteiger partial charge on any atom is 0.179 e. The molecule has 4 heteroatoms. The van der Waals surface area contributed by atoms with Gasteiger partial charge in [0, 0.05) is 49.8 Å². The highest BCUT2D eigenvalue weighted by Gasteiger charge is 2.42. The Morgan fingerprint density at radius 3 is 1.40 bits per heavy atom. The molecule has 0 N–H and O–H groups in total. The normalized spacial score (nSPS) is 12.1. The number of furan rings is 1. The molecule has 0 radical (unpaired) electrons. The minimum Gasteiger partial charge on any atom is -0.456 e. The van der Waals surface area contributed by atoms with E-state index in [4.69, 9.17) is 4.42 Å². The van der Waals surface area contributed by atoms with Gasteiger partial charge >= 0.3 is 0 Å². The lowest BCUT2D eigenvalue weighted by molar-refractivity contribution is 0.669. The van der Waals surface area contributed by atoms with E-state index in [1.54, 1.807) is 0 Å². The molecular weight excluding hydrogens is 721 g/mol. The van der Waals surface area contributed by atoms with Gasteiger partial charge in [0.15, 0.2) is 8.07 Å². The molecule has 0 bridgehead atoms. The van der Waals surface area contributed by atoms with Crippen molar-refractivity contribution in [3.63, 3.8) is 0 Å². The third-order valence-corrected chi connectivity index (χ3v) is 17.0. The second-order valence-corrected chi connectivity index (χ2v) is 19.1. The highest BCUT2D eigenvalue weighted by Crippen LogP contribution is 2.38. The van der Waals surface area contributed by atoms with Crippen LogP contribution in [0, 0.1) is 0 Å². The van der Waals surface area contributed by atoms with Gasteiger partial charge in [-0.3, -0.25) is 0 Å². The predicted octanol–water partition coefficient (Wildman–Crippen LogP) is 11.2. The van der Waals surface area contributed by atoms with Crippen molar-refractivity contribution in [1.29, 1.82) is 0 Å². The lowest BCUT2D eigenvalue weighted by Gasteiger charge is -2.34. The van der Waals surface area contributed by atoms with E-state index in [0.29, 0.717) is 0 Å². The second-order valence-electron chi connectivity index (χ2n) is 15.3. The molecule has 272 valence electrons. The Bertz CT molecular complexity index is 3450. The molecule has 9 aromatic carbocycles. The van der Waals surface area contributed by atoms with Gasteiger partial charge in [0.2, 0.25) is 0 Å². The van der Waals surface area contributed by atoms with Crippen LogP contribution in [0.5, 0.6) is 0 Å². The molecule has 12 rings (SSSR count). The molecule has 0 amide bonds. The Labute approximate surface area is 336 Å². The van der Waals surface area contributed by atoms with E-state index in [1.165, 1.54) is 58.8 Å². The molecule has 0 unspecified atom stereocenters. The van der Waals surface area contributed by atoms with Gasteiger partial charge in [-0.25, -0.2) is 0 Å². The molecule has 0 saturated heterocycles. The van der Waals surface area contributed by atoms with Crippen LogP contribution >= 0.6 is 0 Å². The summed E-state index contributed by atoms with van der Waals surface area (Å²) in [6.45, 7) is 0. The molecular formula is C54H36N2OSi. The second kappa shape index (κ2) is 12.8. The number of hydrogen-bond acceptors (Lipinski definition) is 1. The van der Waals surface area contributed by atoms with E-state index in [0.717, 1.165) is 38.8 Å². The topological polar surface area (TPSA) is 23.0 Å². The summed E-state index contributed by atoms with van der Waals surface area (Å²) in [5.74, 6) is 0. The van der Waals surface area contributed by atoms with Crippen LogP contribution in [0.25, 0.3) is 76.9 Å². The third-order valence-electron chi connectivity index (χ3n) is 12.3. The van der Waals surface area contributed by atoms with Crippen molar-refractivity contribution >= 4 is 94.4 Å². The monoisotopic (exact) mass is 756 g/mol. The van der Waals surface area contributed by atoms with Crippen LogP contribution in [-0.2, 0) is 0 Å². The highest BCUT2D eigenvalue weighted by molar-refractivity contribution is 7.20. The first kappa shape index (κ1) is 32.8. The van der Waals surface area contributed by atoms with Crippen molar-refractivity contribution in [3.8, 4) is 11.4 Å². The van der Waals surface area contributed by atoms with Gasteiger partial charge in [-0.05, 0) is 75.3 Å². The van der Waals surface area contributed by atoms with E-state index >= 15 is 0 Å². The molecule has 0 aliphatic heterocycles. The van der Waals surface area contributed by atoms with E-state index in [9.17, 15) is 0 Å². The highest BCUT2D eigenvalue weighted by atomic mass is 28.3. The van der Waals surface area contributed by atoms with Crippen LogP contribution in [0.4, 0.5) is 0 Å². The van der Waals surface area contributed by atoms with Gasteiger partial charge in [-0.15, -0.1) is 0 Å². The molecule has 0 fully saturated rings. The largest absolute Gasteiger partial charge is 0.456 e. The number of aromatic nitrogens is 2. The van der Waals surface area contributed by atoms with Gasteiger partial charge < -0.3 is 13.6 Å². The van der Waals surface area contributed by atoms with Crippen LogP contribution in [0.2, 0.25) is 0 Å². The van der Waals surface area contributed by atoms with Crippen LogP contribution in [-0.4, -0.2) is 17.2 Å². The number of para-hydroxylation sites is 4. The Kier molecular flexibility index (Phi) is 7.25. The molecule has 0 atom stereocenters. The summed E-state index contributed by atoms with van der Waals surface area (Å²) in [6, 6.07) is 80.4. The Morgan fingerprint density at radius 1 is 0.276 bits per heavy atom. The minimum absolute atomic E-state index is 0.900. The zero-order valence-electron chi connectivity index (χ0n) is 31.6. The van der Waals surface area contributed by atoms with Crippen molar-refractivity contribution in [2.24, 2.45) is 0 Å². The molecule has 0 saturated carbocycles. The molecule has 0 aliphatic carbocycles. The Morgan fingerprint density at radius 2 is 0.741 bits per heavy atom. The van der Waals surface area contributed by atoms with Gasteiger partial charge in [0.1, 0.15) is 11.2 Å². The first-order valence-electron chi connectivity index (χ1n) is 19.9. The summed E-state index contributed by atoms with van der Waals surface area (Å²) in [4.78, 5) is 0. The molecule has 0 spiro atoms. The summed E-state index contributed by atoms with van der Waals surface area (Å²) in [5.41, 5.74) is 8.83. The number of fused-ring (bicyclic) bond motifs is 9. The maximum absolute atomic E-state index is 6.44. The van der Waals surface area contributed by atoms with Crippen LogP contribution < -0.4 is 20.7 Å². The lowest BCUT2D eigenvalue weighted by Crippen LogP contribution is -2.74. The van der Waals surface area contributed by atoms with E-state index in [1.807, 2.05) is 6.07 Å². The molecule has 3 aromatic heterocycles. The standard InChI is InChI=1S/C54H36N2OSi/c1-4-16-37(17-5-1)55-49-25-13-10-22-43(49)45-33-32-42(34-51(45)55)58(39-18-6-2-7-19-39,40-20-8-3-9-21-40)41-30-28-38(29-31-41)56-50-26-14-11-23-44(50)47-35-48-46-24-12-15-27-53(46)57-54(48)36-52(47)56/h1-36H. The quantitative estimate of drug-likeness (QED) is 0.122. The maximum atomic E-state index is 6.44. The van der Waals surface area contributed by atoms with E-state index < -0.39 is 8.07 Å². The van der Waals surface area contributed by atoms with Crippen molar-refractivity contribution in [2.75, 3.05) is 0 Å². The smallest absolute Gasteiger partial charge is 0.179 e. The average molecular weight is 757 g/mol. The summed E-state index contributed by atoms with van der Waals surface area (Å²) in [5, 5.41) is 12.6. The SMILES string of the molecule is c1ccc(-n2c3ccccc3c3ccc([Si](c4ccccc4)(c4ccccc4)c4ccc(-n5c6ccccc6c6cc7c(cc65)oc5ccccc57)cc4)cc32)cc1. The van der Waals surface area contributed by atoms with Crippen molar-refractivity contribution in [1.82, 2.24) is 9.13 Å². The van der Waals surface area contributed by atoms with E-state index in [-0.39, 0.29) is 0 Å². The van der Waals surface area contributed by atoms with E-state index in [2.05, 4.69) is 221 Å². The fraction of sp³-hybridized carbons (Fsp3) is 0. The molecule has 12 aromatic rings. The third kappa shape index (κ3) is 4.73. The summed E-state index contributed by atoms with van der Waals surface area (Å²) < 4.78 is 11.3. The lowest BCUT2D eigenvalue weighted by atomic mass is 10.1. The molecule has 0 aliphatic rings. The fourth-order valence-electron chi connectivity index (χ4n) is 9.76. The van der Waals surface area contributed by atoms with Crippen LogP contribution in [0.15, 0.2) is 223 Å². The summed E-state index contributed by atoms with van der Waals surface area (Å²) in [7, 11) is -2.90. The van der Waals surface area contributed by atoms with Crippen LogP contribution in [0.1, 0.15) is 0 Å².